The molecule has 13 heteroatoms. The Morgan fingerprint density at radius 3 is 1.56 bits per heavy atom. The Bertz CT molecular complexity index is 1510. The van der Waals surface area contributed by atoms with Gasteiger partial charge in [0.1, 0.15) is 17.1 Å². The van der Waals surface area contributed by atoms with Crippen molar-refractivity contribution in [2.24, 2.45) is 21.1 Å². The quantitative estimate of drug-likeness (QED) is 0.214. The third-order valence-corrected chi connectivity index (χ3v) is 6.63. The predicted octanol–water partition coefficient (Wildman–Crippen LogP) is 3.80. The second-order valence-electron chi connectivity index (χ2n) is 8.06. The topological polar surface area (TPSA) is 132 Å². The summed E-state index contributed by atoms with van der Waals surface area (Å²) in [6.45, 7) is 1.82. The summed E-state index contributed by atoms with van der Waals surface area (Å²) >= 11 is 3.07. The van der Waals surface area contributed by atoms with E-state index in [2.05, 4.69) is 20.9 Å². The van der Waals surface area contributed by atoms with Crippen LogP contribution in [0, 0.1) is 6.92 Å². The van der Waals surface area contributed by atoms with E-state index in [0.717, 1.165) is 5.01 Å². The summed E-state index contributed by atoms with van der Waals surface area (Å²) < 4.78 is 4.68. The first-order valence-electron chi connectivity index (χ1n) is 10.6. The van der Waals surface area contributed by atoms with Gasteiger partial charge < -0.3 is 29.7 Å². The fourth-order valence-corrected chi connectivity index (χ4v) is 4.73. The lowest BCUT2D eigenvalue weighted by Crippen LogP contribution is -2.15. The minimum Gasteiger partial charge on any atom is -0.345 e. The van der Waals surface area contributed by atoms with Crippen molar-refractivity contribution in [3.05, 3.63) is 70.0 Å². The second kappa shape index (κ2) is 10.1. The van der Waals surface area contributed by atoms with Gasteiger partial charge in [-0.05, 0) is 25.1 Å². The summed E-state index contributed by atoms with van der Waals surface area (Å²) in [5.74, 6) is -1.16. The molecule has 4 aromatic rings. The summed E-state index contributed by atoms with van der Waals surface area (Å²) in [5, 5.41) is 10.7. The van der Waals surface area contributed by atoms with Gasteiger partial charge in [0.25, 0.3) is 17.7 Å². The molecular weight excluding hydrogens is 597 g/mol. The van der Waals surface area contributed by atoms with Crippen molar-refractivity contribution >= 4 is 72.5 Å². The third kappa shape index (κ3) is 5.41. The van der Waals surface area contributed by atoms with Crippen LogP contribution in [0.1, 0.15) is 47.0 Å². The minimum absolute atomic E-state index is 0.138. The SMILES string of the molecule is Cc1nc(C(=O)Nc2cc(C(=O)Nc3cc(C(=O)Nc4cc(C(=O)I)n(C)c4)n(C)c3)n(C)c2)cs1. The molecule has 0 fully saturated rings. The Morgan fingerprint density at radius 2 is 1.17 bits per heavy atom. The molecule has 3 N–H and O–H groups in total. The van der Waals surface area contributed by atoms with E-state index in [0.29, 0.717) is 39.8 Å². The zero-order valence-electron chi connectivity index (χ0n) is 19.7. The van der Waals surface area contributed by atoms with Crippen molar-refractivity contribution in [2.75, 3.05) is 16.0 Å². The number of aromatic nitrogens is 4. The van der Waals surface area contributed by atoms with Gasteiger partial charge in [-0.25, -0.2) is 4.98 Å². The maximum atomic E-state index is 12.9. The van der Waals surface area contributed by atoms with Gasteiger partial charge in [0.15, 0.2) is 0 Å². The normalized spacial score (nSPS) is 10.8. The molecule has 0 bridgehead atoms. The Hall–Kier alpha value is -3.72. The first-order valence-corrected chi connectivity index (χ1v) is 12.5. The van der Waals surface area contributed by atoms with Gasteiger partial charge >= 0.3 is 0 Å². The van der Waals surface area contributed by atoms with Crippen LogP contribution in [0.3, 0.4) is 0 Å². The van der Waals surface area contributed by atoms with Crippen LogP contribution in [0.15, 0.2) is 42.2 Å². The number of carbonyl (C=O) groups is 4. The van der Waals surface area contributed by atoms with E-state index in [-0.39, 0.29) is 9.70 Å². The highest BCUT2D eigenvalue weighted by Crippen LogP contribution is 2.21. The Morgan fingerprint density at radius 1 is 0.750 bits per heavy atom. The Kier molecular flexibility index (Phi) is 7.12. The van der Waals surface area contributed by atoms with Crippen molar-refractivity contribution in [1.82, 2.24) is 18.7 Å². The lowest BCUT2D eigenvalue weighted by atomic mass is 10.3. The molecule has 36 heavy (non-hydrogen) atoms. The number of anilines is 3. The van der Waals surface area contributed by atoms with E-state index in [4.69, 9.17) is 0 Å². The zero-order chi connectivity index (χ0) is 26.1. The molecule has 0 unspecified atom stereocenters. The van der Waals surface area contributed by atoms with E-state index < -0.39 is 11.8 Å². The fourth-order valence-electron chi connectivity index (χ4n) is 3.60. The van der Waals surface area contributed by atoms with Gasteiger partial charge in [-0.1, -0.05) is 0 Å². The van der Waals surface area contributed by atoms with Crippen molar-refractivity contribution in [1.29, 1.82) is 0 Å². The van der Waals surface area contributed by atoms with Crippen molar-refractivity contribution in [3.8, 4) is 0 Å². The van der Waals surface area contributed by atoms with E-state index >= 15 is 0 Å². The van der Waals surface area contributed by atoms with Gasteiger partial charge in [0.2, 0.25) is 3.79 Å². The lowest BCUT2D eigenvalue weighted by Gasteiger charge is -2.03. The van der Waals surface area contributed by atoms with E-state index in [9.17, 15) is 19.2 Å². The van der Waals surface area contributed by atoms with Gasteiger partial charge in [-0.15, -0.1) is 11.3 Å². The smallest absolute Gasteiger partial charge is 0.275 e. The summed E-state index contributed by atoms with van der Waals surface area (Å²) in [5.41, 5.74) is 2.78. The minimum atomic E-state index is -0.409. The largest absolute Gasteiger partial charge is 0.345 e. The average Bonchev–Trinajstić information content (AvgIpc) is 3.55. The molecule has 0 aliphatic heterocycles. The zero-order valence-corrected chi connectivity index (χ0v) is 22.7. The number of rotatable bonds is 7. The summed E-state index contributed by atoms with van der Waals surface area (Å²) in [6.07, 6.45) is 4.90. The molecule has 3 amide bonds. The molecule has 4 rings (SSSR count). The highest BCUT2D eigenvalue weighted by molar-refractivity contribution is 14.1. The Labute approximate surface area is 223 Å². The van der Waals surface area contributed by atoms with Crippen molar-refractivity contribution in [2.45, 2.75) is 6.92 Å². The van der Waals surface area contributed by atoms with Crippen molar-refractivity contribution in [3.63, 3.8) is 0 Å². The molecule has 0 saturated heterocycles. The van der Waals surface area contributed by atoms with E-state index in [1.54, 1.807) is 99.6 Å². The number of hydrogen-bond acceptors (Lipinski definition) is 6. The number of nitrogens with zero attached hydrogens (tertiary/aromatic N) is 4. The number of thiazole rings is 1. The highest BCUT2D eigenvalue weighted by Gasteiger charge is 2.19. The van der Waals surface area contributed by atoms with Gasteiger partial charge in [0.05, 0.1) is 27.8 Å². The van der Waals surface area contributed by atoms with Crippen LogP contribution >= 0.6 is 33.9 Å². The van der Waals surface area contributed by atoms with Gasteiger partial charge in [-0.2, -0.15) is 0 Å². The Balaban J connectivity index is 1.44. The molecule has 11 nitrogen and oxygen atoms in total. The van der Waals surface area contributed by atoms with Crippen LogP contribution in [-0.2, 0) is 21.1 Å². The molecule has 186 valence electrons. The first kappa shape index (κ1) is 25.4. The van der Waals surface area contributed by atoms with Crippen molar-refractivity contribution < 1.29 is 19.2 Å². The van der Waals surface area contributed by atoms with Crippen LogP contribution < -0.4 is 16.0 Å². The van der Waals surface area contributed by atoms with Crippen LogP contribution in [-0.4, -0.2) is 40.2 Å². The lowest BCUT2D eigenvalue weighted by molar-refractivity contribution is 0.101. The maximum Gasteiger partial charge on any atom is 0.275 e. The monoisotopic (exact) mass is 619 g/mol. The average molecular weight is 619 g/mol. The number of nitrogens with one attached hydrogen (secondary N) is 3. The maximum absolute atomic E-state index is 12.9. The number of aryl methyl sites for hydroxylation is 4. The molecule has 0 aliphatic rings. The van der Waals surface area contributed by atoms with Crippen LogP contribution in [0.25, 0.3) is 0 Å². The first-order chi connectivity index (χ1) is 17.0. The van der Waals surface area contributed by atoms with Gasteiger partial charge in [-0.3, -0.25) is 19.2 Å². The summed E-state index contributed by atoms with van der Waals surface area (Å²) in [4.78, 5) is 53.8. The molecule has 0 spiro atoms. The molecule has 4 aromatic heterocycles. The molecule has 0 atom stereocenters. The molecule has 0 saturated carbocycles. The standard InChI is InChI=1S/C23H22IN7O4S/c1-12-25-16(11-36-12)21(33)26-14-6-18(30(3)9-14)23(35)28-15-7-19(31(4)10-15)22(34)27-13-5-17(20(24)32)29(2)8-13/h5-11H,1-4H3,(H,26,33)(H,27,34)(H,28,35). The number of halogens is 1. The van der Waals surface area contributed by atoms with Gasteiger partial charge in [0, 0.05) is 67.7 Å². The number of hydrogen-bond donors (Lipinski definition) is 3. The van der Waals surface area contributed by atoms with E-state index in [1.165, 1.54) is 11.3 Å². The molecule has 0 aliphatic carbocycles. The predicted molar refractivity (Wildman–Crippen MR) is 145 cm³/mol. The van der Waals surface area contributed by atoms with E-state index in [1.807, 2.05) is 6.92 Å². The highest BCUT2D eigenvalue weighted by atomic mass is 127. The molecular formula is C23H22IN7O4S. The van der Waals surface area contributed by atoms with Crippen LogP contribution in [0.5, 0.6) is 0 Å². The second-order valence-corrected chi connectivity index (χ2v) is 10.1. The molecule has 4 heterocycles. The molecule has 0 radical (unpaired) electrons. The van der Waals surface area contributed by atoms with Crippen LogP contribution in [0.2, 0.25) is 0 Å². The summed E-state index contributed by atoms with van der Waals surface area (Å²) in [6, 6.07) is 4.71. The third-order valence-electron chi connectivity index (χ3n) is 5.31. The van der Waals surface area contributed by atoms with Crippen LogP contribution in [0.4, 0.5) is 17.1 Å². The number of amides is 3. The number of carbonyl (C=O) groups excluding carboxylic acids is 4. The fraction of sp³-hybridized carbons (Fsp3) is 0.174. The summed E-state index contributed by atoms with van der Waals surface area (Å²) in [7, 11) is 5.10. The molecule has 0 aromatic carbocycles.